The van der Waals surface area contributed by atoms with Crippen LogP contribution in [0.1, 0.15) is 6.92 Å². The van der Waals surface area contributed by atoms with Crippen LogP contribution in [-0.4, -0.2) is 13.0 Å². The van der Waals surface area contributed by atoms with Crippen molar-refractivity contribution in [1.82, 2.24) is 0 Å². The summed E-state index contributed by atoms with van der Waals surface area (Å²) in [6, 6.07) is 19.1. The molecule has 0 aromatic heterocycles. The fraction of sp³-hybridized carbons (Fsp3) is 0.200. The fourth-order valence-corrected chi connectivity index (χ4v) is 4.68. The van der Waals surface area contributed by atoms with Crippen molar-refractivity contribution in [3.05, 3.63) is 60.7 Å². The zero-order chi connectivity index (χ0) is 13.0. The molecule has 1 unspecified atom stereocenters. The van der Waals surface area contributed by atoms with Crippen LogP contribution in [-0.2, 0) is 9.30 Å². The van der Waals surface area contributed by atoms with Gasteiger partial charge >= 0.3 is 18.9 Å². The van der Waals surface area contributed by atoms with E-state index in [4.69, 9.17) is 4.74 Å². The van der Waals surface area contributed by atoms with E-state index in [1.54, 1.807) is 7.11 Å². The van der Waals surface area contributed by atoms with Crippen LogP contribution in [0.15, 0.2) is 60.7 Å². The van der Waals surface area contributed by atoms with Crippen molar-refractivity contribution in [3.63, 3.8) is 0 Å². The van der Waals surface area contributed by atoms with Gasteiger partial charge in [-0.3, -0.25) is 0 Å². The third-order valence-corrected chi connectivity index (χ3v) is 6.50. The molecule has 2 aromatic carbocycles. The van der Waals surface area contributed by atoms with E-state index >= 15 is 0 Å². The maximum atomic E-state index is 13.4. The topological polar surface area (TPSA) is 26.3 Å². The monoisotopic (exact) mass is 267 g/mol. The number of hydrogen-bond acceptors (Lipinski definition) is 2. The second-order valence-electron chi connectivity index (χ2n) is 4.16. The van der Waals surface area contributed by atoms with E-state index in [1.165, 1.54) is 0 Å². The second-order valence-corrected chi connectivity index (χ2v) is 7.24. The first-order valence-electron chi connectivity index (χ1n) is 5.93. The minimum absolute atomic E-state index is 0. The molecule has 0 radical (unpaired) electrons. The molecular weight excluding hydrogens is 250 g/mol. The fourth-order valence-electron chi connectivity index (χ4n) is 2.02. The molecule has 0 spiro atoms. The first-order chi connectivity index (χ1) is 8.69. The Hall–Kier alpha value is -0.773. The number of methoxy groups -OCH3 is 1. The third-order valence-electron chi connectivity index (χ3n) is 3.13. The summed E-state index contributed by atoms with van der Waals surface area (Å²) in [6.07, 6.45) is 0. The van der Waals surface area contributed by atoms with Gasteiger partial charge in [0, 0.05) is 17.7 Å². The predicted molar refractivity (Wildman–Crippen MR) is 76.2 cm³/mol. The molecule has 0 aliphatic heterocycles. The summed E-state index contributed by atoms with van der Waals surface area (Å²) in [5, 5.41) is 1.68. The normalized spacial score (nSPS) is 12.5. The van der Waals surface area contributed by atoms with Gasteiger partial charge in [-0.05, 0) is 6.92 Å². The summed E-state index contributed by atoms with van der Waals surface area (Å²) in [6.45, 7) is 1.86. The summed E-state index contributed by atoms with van der Waals surface area (Å²) in [7, 11) is -1.14. The standard InChI is InChI=1S/C15H17O2P.Li/c1-13(17-2)18(16,14-9-5-3-6-10-14)15-11-7-4-8-12-15;/h3-13H,1-2H3;/q;+1. The van der Waals surface area contributed by atoms with E-state index < -0.39 is 7.14 Å². The summed E-state index contributed by atoms with van der Waals surface area (Å²) >= 11 is 0. The van der Waals surface area contributed by atoms with Crippen molar-refractivity contribution in [1.29, 1.82) is 0 Å². The summed E-state index contributed by atoms with van der Waals surface area (Å²) < 4.78 is 18.8. The van der Waals surface area contributed by atoms with Crippen molar-refractivity contribution < 1.29 is 28.2 Å². The van der Waals surface area contributed by atoms with Crippen molar-refractivity contribution in [2.75, 3.05) is 7.11 Å². The van der Waals surface area contributed by atoms with Crippen LogP contribution < -0.4 is 29.5 Å². The van der Waals surface area contributed by atoms with Crippen molar-refractivity contribution in [2.24, 2.45) is 0 Å². The first-order valence-corrected chi connectivity index (χ1v) is 7.71. The molecule has 1 atom stereocenters. The molecule has 2 rings (SSSR count). The van der Waals surface area contributed by atoms with Crippen LogP contribution in [0, 0.1) is 0 Å². The van der Waals surface area contributed by atoms with E-state index in [9.17, 15) is 4.57 Å². The Balaban J connectivity index is 0.00000180. The Morgan fingerprint density at radius 3 is 1.58 bits per heavy atom. The average molecular weight is 267 g/mol. The number of rotatable bonds is 4. The van der Waals surface area contributed by atoms with Gasteiger partial charge in [0.25, 0.3) is 0 Å². The molecule has 19 heavy (non-hydrogen) atoms. The molecule has 4 heteroatoms. The Bertz CT molecular complexity index is 499. The van der Waals surface area contributed by atoms with E-state index in [0.717, 1.165) is 10.6 Å². The minimum atomic E-state index is -2.74. The van der Waals surface area contributed by atoms with Crippen LogP contribution in [0.5, 0.6) is 0 Å². The maximum Gasteiger partial charge on any atom is 1.00 e. The van der Waals surface area contributed by atoms with Crippen LogP contribution in [0.3, 0.4) is 0 Å². The molecule has 0 saturated heterocycles. The Kier molecular flexibility index (Phi) is 6.11. The summed E-state index contributed by atoms with van der Waals surface area (Å²) in [4.78, 5) is 0. The molecule has 0 heterocycles. The van der Waals surface area contributed by atoms with Crippen LogP contribution in [0.4, 0.5) is 0 Å². The van der Waals surface area contributed by atoms with E-state index in [2.05, 4.69) is 0 Å². The minimum Gasteiger partial charge on any atom is -0.373 e. The van der Waals surface area contributed by atoms with E-state index in [0.29, 0.717) is 0 Å². The molecule has 94 valence electrons. The van der Waals surface area contributed by atoms with Crippen LogP contribution in [0.25, 0.3) is 0 Å². The molecule has 0 aliphatic rings. The largest absolute Gasteiger partial charge is 1.00 e. The molecule has 0 N–H and O–H groups in total. The molecule has 0 aliphatic carbocycles. The molecule has 0 amide bonds. The third kappa shape index (κ3) is 3.22. The molecular formula is C15H17LiO2P+. The average Bonchev–Trinajstić information content (AvgIpc) is 2.47. The zero-order valence-electron chi connectivity index (χ0n) is 11.6. The first kappa shape index (κ1) is 16.3. The zero-order valence-corrected chi connectivity index (χ0v) is 12.5. The molecule has 0 saturated carbocycles. The number of hydrogen-bond donors (Lipinski definition) is 0. The van der Waals surface area contributed by atoms with Gasteiger partial charge in [0.2, 0.25) is 0 Å². The second kappa shape index (κ2) is 7.13. The van der Waals surface area contributed by atoms with Gasteiger partial charge in [0.15, 0.2) is 7.14 Å². The van der Waals surface area contributed by atoms with Crippen LogP contribution >= 0.6 is 7.14 Å². The van der Waals surface area contributed by atoms with Crippen molar-refractivity contribution >= 4 is 17.8 Å². The van der Waals surface area contributed by atoms with Gasteiger partial charge in [0.1, 0.15) is 5.85 Å². The van der Waals surface area contributed by atoms with Gasteiger partial charge < -0.3 is 9.30 Å². The molecule has 0 bridgehead atoms. The maximum absolute atomic E-state index is 13.4. The number of ether oxygens (including phenoxy) is 1. The van der Waals surface area contributed by atoms with Gasteiger partial charge in [-0.1, -0.05) is 60.7 Å². The van der Waals surface area contributed by atoms with Crippen molar-refractivity contribution in [2.45, 2.75) is 12.8 Å². The van der Waals surface area contributed by atoms with Crippen molar-refractivity contribution in [3.8, 4) is 0 Å². The van der Waals surface area contributed by atoms with Gasteiger partial charge in [-0.15, -0.1) is 0 Å². The molecule has 0 fully saturated rings. The summed E-state index contributed by atoms with van der Waals surface area (Å²) in [5.74, 6) is -0.331. The Morgan fingerprint density at radius 2 is 1.26 bits per heavy atom. The predicted octanol–water partition coefficient (Wildman–Crippen LogP) is -0.00310. The smallest absolute Gasteiger partial charge is 0.373 e. The van der Waals surface area contributed by atoms with E-state index in [1.807, 2.05) is 67.6 Å². The van der Waals surface area contributed by atoms with E-state index in [-0.39, 0.29) is 24.7 Å². The SMILES string of the molecule is COC(C)P(=O)(c1ccccc1)c1ccccc1.[Li+]. The van der Waals surface area contributed by atoms with Gasteiger partial charge in [-0.25, -0.2) is 0 Å². The summed E-state index contributed by atoms with van der Waals surface area (Å²) in [5.41, 5.74) is 0. The van der Waals surface area contributed by atoms with Gasteiger partial charge in [-0.2, -0.15) is 0 Å². The molecule has 2 aromatic rings. The Labute approximate surface area is 126 Å². The van der Waals surface area contributed by atoms with Crippen LogP contribution in [0.2, 0.25) is 0 Å². The quantitative estimate of drug-likeness (QED) is 0.575. The Morgan fingerprint density at radius 1 is 0.895 bits per heavy atom. The number of benzene rings is 2. The molecule has 2 nitrogen and oxygen atoms in total. The van der Waals surface area contributed by atoms with Gasteiger partial charge in [0.05, 0.1) is 0 Å².